The van der Waals surface area contributed by atoms with E-state index in [1.807, 2.05) is 36.1 Å². The predicted octanol–water partition coefficient (Wildman–Crippen LogP) is 2.50. The number of piperazine rings is 1. The zero-order valence-electron chi connectivity index (χ0n) is 20.6. The average molecular weight is 480 g/mol. The van der Waals surface area contributed by atoms with Crippen LogP contribution in [0.15, 0.2) is 36.4 Å². The van der Waals surface area contributed by atoms with E-state index in [4.69, 9.17) is 19.3 Å². The van der Waals surface area contributed by atoms with Gasteiger partial charge in [-0.15, -0.1) is 15.0 Å². The highest BCUT2D eigenvalue weighted by atomic mass is 16.5. The van der Waals surface area contributed by atoms with Gasteiger partial charge in [-0.1, -0.05) is 12.1 Å². The van der Waals surface area contributed by atoms with Gasteiger partial charge in [0, 0.05) is 38.7 Å². The van der Waals surface area contributed by atoms with Crippen LogP contribution in [0.3, 0.4) is 0 Å². The molecule has 0 saturated carbocycles. The summed E-state index contributed by atoms with van der Waals surface area (Å²) in [6, 6.07) is 10.9. The molecule has 0 atom stereocenters. The molecule has 0 spiro atoms. The van der Waals surface area contributed by atoms with Crippen molar-refractivity contribution < 1.29 is 23.8 Å². The number of ether oxygens (including phenoxy) is 3. The van der Waals surface area contributed by atoms with E-state index in [1.54, 1.807) is 24.0 Å². The van der Waals surface area contributed by atoms with Gasteiger partial charge in [0.05, 0.1) is 27.0 Å². The SMILES string of the molecule is COc1cc(C(=O)c2nn(-c3cccc(C)c3)nc2N2CCN(C(C)=O)CC2)cc(OC)c1OC. The van der Waals surface area contributed by atoms with Gasteiger partial charge in [-0.2, -0.15) is 0 Å². The molecule has 1 aliphatic rings. The van der Waals surface area contributed by atoms with E-state index in [1.165, 1.54) is 26.1 Å². The second kappa shape index (κ2) is 10.0. The van der Waals surface area contributed by atoms with Gasteiger partial charge in [-0.3, -0.25) is 9.59 Å². The Morgan fingerprint density at radius 3 is 2.09 bits per heavy atom. The molecule has 0 unspecified atom stereocenters. The fourth-order valence-electron chi connectivity index (χ4n) is 4.11. The second-order valence-electron chi connectivity index (χ2n) is 8.24. The number of hydrogen-bond acceptors (Lipinski definition) is 8. The number of carbonyl (C=O) groups is 2. The molecule has 3 aromatic rings. The summed E-state index contributed by atoms with van der Waals surface area (Å²) in [5.41, 5.74) is 2.34. The molecule has 2 aromatic carbocycles. The van der Waals surface area contributed by atoms with Gasteiger partial charge < -0.3 is 24.0 Å². The number of benzene rings is 2. The highest BCUT2D eigenvalue weighted by molar-refractivity contribution is 6.11. The van der Waals surface area contributed by atoms with Gasteiger partial charge >= 0.3 is 0 Å². The van der Waals surface area contributed by atoms with Crippen LogP contribution in [-0.4, -0.2) is 79.1 Å². The highest BCUT2D eigenvalue weighted by Gasteiger charge is 2.29. The van der Waals surface area contributed by atoms with E-state index in [0.717, 1.165) is 11.3 Å². The number of aryl methyl sites for hydroxylation is 1. The molecule has 2 heterocycles. The smallest absolute Gasteiger partial charge is 0.219 e. The first-order valence-electron chi connectivity index (χ1n) is 11.3. The van der Waals surface area contributed by atoms with Crippen molar-refractivity contribution in [2.45, 2.75) is 13.8 Å². The third-order valence-corrected chi connectivity index (χ3v) is 6.00. The van der Waals surface area contributed by atoms with Gasteiger partial charge in [0.1, 0.15) is 0 Å². The Morgan fingerprint density at radius 2 is 1.54 bits per heavy atom. The van der Waals surface area contributed by atoms with Crippen molar-refractivity contribution in [2.24, 2.45) is 0 Å². The minimum atomic E-state index is -0.327. The molecule has 1 aromatic heterocycles. The van der Waals surface area contributed by atoms with E-state index >= 15 is 0 Å². The van der Waals surface area contributed by atoms with Crippen LogP contribution >= 0.6 is 0 Å². The van der Waals surface area contributed by atoms with Gasteiger partial charge in [-0.25, -0.2) is 0 Å². The number of ketones is 1. The van der Waals surface area contributed by atoms with E-state index in [0.29, 0.717) is 54.8 Å². The first-order valence-corrected chi connectivity index (χ1v) is 11.3. The van der Waals surface area contributed by atoms with E-state index in [9.17, 15) is 9.59 Å². The molecule has 0 aliphatic carbocycles. The Labute approximate surface area is 204 Å². The van der Waals surface area contributed by atoms with E-state index < -0.39 is 0 Å². The minimum absolute atomic E-state index is 0.0294. The molecule has 35 heavy (non-hydrogen) atoms. The normalized spacial score (nSPS) is 13.5. The molecule has 1 amide bonds. The number of methoxy groups -OCH3 is 3. The fraction of sp³-hybridized carbons (Fsp3) is 0.360. The van der Waals surface area contributed by atoms with Crippen LogP contribution in [0, 0.1) is 6.92 Å². The maximum atomic E-state index is 13.8. The first kappa shape index (κ1) is 24.1. The quantitative estimate of drug-likeness (QED) is 0.477. The third kappa shape index (κ3) is 4.77. The van der Waals surface area contributed by atoms with Crippen LogP contribution in [0.2, 0.25) is 0 Å². The highest BCUT2D eigenvalue weighted by Crippen LogP contribution is 2.39. The van der Waals surface area contributed by atoms with Crippen molar-refractivity contribution in [3.05, 3.63) is 53.2 Å². The van der Waals surface area contributed by atoms with Crippen LogP contribution in [0.4, 0.5) is 5.82 Å². The molecule has 4 rings (SSSR count). The number of hydrogen-bond donors (Lipinski definition) is 0. The second-order valence-corrected chi connectivity index (χ2v) is 8.24. The monoisotopic (exact) mass is 479 g/mol. The topological polar surface area (TPSA) is 99.0 Å². The molecular weight excluding hydrogens is 450 g/mol. The fourth-order valence-corrected chi connectivity index (χ4v) is 4.11. The Morgan fingerprint density at radius 1 is 0.886 bits per heavy atom. The molecule has 0 bridgehead atoms. The minimum Gasteiger partial charge on any atom is -0.493 e. The maximum Gasteiger partial charge on any atom is 0.219 e. The summed E-state index contributed by atoms with van der Waals surface area (Å²) in [5, 5.41) is 9.30. The van der Waals surface area contributed by atoms with Crippen LogP contribution in [0.1, 0.15) is 28.5 Å². The number of anilines is 1. The van der Waals surface area contributed by atoms with E-state index in [2.05, 4.69) is 5.10 Å². The molecule has 0 N–H and O–H groups in total. The summed E-state index contributed by atoms with van der Waals surface area (Å²) in [5.74, 6) is 1.31. The predicted molar refractivity (Wildman–Crippen MR) is 130 cm³/mol. The lowest BCUT2D eigenvalue weighted by Gasteiger charge is -2.34. The maximum absolute atomic E-state index is 13.8. The van der Waals surface area contributed by atoms with Crippen LogP contribution < -0.4 is 19.1 Å². The van der Waals surface area contributed by atoms with Crippen LogP contribution in [0.5, 0.6) is 17.2 Å². The lowest BCUT2D eigenvalue weighted by atomic mass is 10.1. The number of carbonyl (C=O) groups excluding carboxylic acids is 2. The molecule has 10 nitrogen and oxygen atoms in total. The van der Waals surface area contributed by atoms with Crippen molar-refractivity contribution in [2.75, 3.05) is 52.4 Å². The molecule has 0 radical (unpaired) electrons. The molecule has 1 fully saturated rings. The van der Waals surface area contributed by atoms with Gasteiger partial charge in [0.15, 0.2) is 23.0 Å². The largest absolute Gasteiger partial charge is 0.493 e. The van der Waals surface area contributed by atoms with Crippen molar-refractivity contribution in [3.8, 4) is 22.9 Å². The van der Waals surface area contributed by atoms with Crippen molar-refractivity contribution in [1.82, 2.24) is 19.9 Å². The Hall–Kier alpha value is -4.08. The summed E-state index contributed by atoms with van der Waals surface area (Å²) in [6.07, 6.45) is 0. The third-order valence-electron chi connectivity index (χ3n) is 6.00. The van der Waals surface area contributed by atoms with Gasteiger partial charge in [0.25, 0.3) is 0 Å². The number of amides is 1. The Kier molecular flexibility index (Phi) is 6.90. The summed E-state index contributed by atoms with van der Waals surface area (Å²) >= 11 is 0. The lowest BCUT2D eigenvalue weighted by Crippen LogP contribution is -2.48. The van der Waals surface area contributed by atoms with Crippen LogP contribution in [0.25, 0.3) is 5.69 Å². The van der Waals surface area contributed by atoms with Crippen molar-refractivity contribution in [3.63, 3.8) is 0 Å². The summed E-state index contributed by atoms with van der Waals surface area (Å²) in [7, 11) is 4.51. The molecule has 1 saturated heterocycles. The van der Waals surface area contributed by atoms with Gasteiger partial charge in [-0.05, 0) is 36.8 Å². The zero-order chi connectivity index (χ0) is 25.1. The number of rotatable bonds is 7. The molecule has 1 aliphatic heterocycles. The first-order chi connectivity index (χ1) is 16.9. The number of aromatic nitrogens is 3. The molecule has 10 heteroatoms. The Balaban J connectivity index is 1.78. The summed E-state index contributed by atoms with van der Waals surface area (Å²) in [6.45, 7) is 5.72. The average Bonchev–Trinajstić information content (AvgIpc) is 3.33. The molecule has 184 valence electrons. The number of nitrogens with zero attached hydrogens (tertiary/aromatic N) is 5. The van der Waals surface area contributed by atoms with Crippen molar-refractivity contribution in [1.29, 1.82) is 0 Å². The Bertz CT molecular complexity index is 1220. The van der Waals surface area contributed by atoms with Crippen LogP contribution in [-0.2, 0) is 4.79 Å². The standard InChI is InChI=1S/C25H29N5O5/c1-16-7-6-8-19(13-16)30-26-22(25(27-30)29-11-9-28(10-12-29)17(2)31)23(32)18-14-20(33-3)24(35-5)21(15-18)34-4/h6-8,13-15H,9-12H2,1-5H3. The molecular formula is C25H29N5O5. The van der Waals surface area contributed by atoms with E-state index in [-0.39, 0.29) is 17.4 Å². The summed E-state index contributed by atoms with van der Waals surface area (Å²) in [4.78, 5) is 30.8. The lowest BCUT2D eigenvalue weighted by molar-refractivity contribution is -0.129. The van der Waals surface area contributed by atoms with Gasteiger partial charge in [0.2, 0.25) is 17.4 Å². The van der Waals surface area contributed by atoms with Crippen molar-refractivity contribution >= 4 is 17.5 Å². The summed E-state index contributed by atoms with van der Waals surface area (Å²) < 4.78 is 16.2. The zero-order valence-corrected chi connectivity index (χ0v) is 20.6.